The van der Waals surface area contributed by atoms with Gasteiger partial charge >= 0.3 is 0 Å². The van der Waals surface area contributed by atoms with Crippen LogP contribution in [0.25, 0.3) is 22.0 Å². The van der Waals surface area contributed by atoms with E-state index in [0.29, 0.717) is 19.0 Å². The van der Waals surface area contributed by atoms with Crippen molar-refractivity contribution in [3.05, 3.63) is 42.5 Å². The van der Waals surface area contributed by atoms with Crippen molar-refractivity contribution < 1.29 is 9.53 Å². The van der Waals surface area contributed by atoms with Crippen molar-refractivity contribution in [1.29, 1.82) is 0 Å². The first-order chi connectivity index (χ1) is 13.5. The molecule has 0 bridgehead atoms. The van der Waals surface area contributed by atoms with Gasteiger partial charge in [-0.2, -0.15) is 0 Å². The minimum Gasteiger partial charge on any atom is -0.379 e. The maximum Gasteiger partial charge on any atom is 0.242 e. The molecule has 0 radical (unpaired) electrons. The number of amides is 1. The van der Waals surface area contributed by atoms with E-state index in [1.165, 1.54) is 0 Å². The van der Waals surface area contributed by atoms with Crippen molar-refractivity contribution in [2.75, 3.05) is 31.6 Å². The Labute approximate surface area is 164 Å². The molecule has 1 N–H and O–H groups in total. The molecule has 1 atom stereocenters. The lowest BCUT2D eigenvalue weighted by Gasteiger charge is -2.31. The number of hydrogen-bond acceptors (Lipinski definition) is 5. The third-order valence-electron chi connectivity index (χ3n) is 5.46. The zero-order valence-electron chi connectivity index (χ0n) is 16.5. The van der Waals surface area contributed by atoms with Gasteiger partial charge in [0.25, 0.3) is 0 Å². The van der Waals surface area contributed by atoms with E-state index in [0.717, 1.165) is 40.9 Å². The zero-order valence-corrected chi connectivity index (χ0v) is 16.5. The normalized spacial score (nSPS) is 16.2. The van der Waals surface area contributed by atoms with Crippen LogP contribution in [0.4, 0.5) is 5.82 Å². The third-order valence-corrected chi connectivity index (χ3v) is 5.46. The number of pyridine rings is 1. The highest BCUT2D eigenvalue weighted by atomic mass is 16.5. The van der Waals surface area contributed by atoms with Crippen molar-refractivity contribution in [2.24, 2.45) is 7.05 Å². The minimum atomic E-state index is -0.217. The van der Waals surface area contributed by atoms with Gasteiger partial charge in [-0.1, -0.05) is 12.1 Å². The molecule has 1 fully saturated rings. The van der Waals surface area contributed by atoms with Crippen LogP contribution in [0.3, 0.4) is 0 Å². The first kappa shape index (κ1) is 18.6. The fourth-order valence-electron chi connectivity index (χ4n) is 3.50. The van der Waals surface area contributed by atoms with Gasteiger partial charge in [-0.25, -0.2) is 9.97 Å². The minimum absolute atomic E-state index is 0.0489. The van der Waals surface area contributed by atoms with E-state index in [-0.39, 0.29) is 11.9 Å². The molecule has 3 aromatic rings. The fraction of sp³-hybridized carbons (Fsp3) is 0.381. The molecule has 28 heavy (non-hydrogen) atoms. The second kappa shape index (κ2) is 7.69. The molecule has 1 amide bonds. The molecule has 1 saturated heterocycles. The lowest BCUT2D eigenvalue weighted by molar-refractivity contribution is -0.122. The van der Waals surface area contributed by atoms with Crippen molar-refractivity contribution >= 4 is 22.5 Å². The van der Waals surface area contributed by atoms with E-state index < -0.39 is 0 Å². The lowest BCUT2D eigenvalue weighted by atomic mass is 10.1. The second-order valence-electron chi connectivity index (χ2n) is 7.19. The first-order valence-electron chi connectivity index (χ1n) is 9.54. The Morgan fingerprint density at radius 3 is 2.64 bits per heavy atom. The Balaban J connectivity index is 1.56. The van der Waals surface area contributed by atoms with Crippen molar-refractivity contribution in [2.45, 2.75) is 19.9 Å². The summed E-state index contributed by atoms with van der Waals surface area (Å²) in [7, 11) is 2.01. The number of aromatic nitrogens is 3. The molecule has 1 aliphatic rings. The van der Waals surface area contributed by atoms with E-state index in [2.05, 4.69) is 36.9 Å². The number of imidazole rings is 1. The van der Waals surface area contributed by atoms with Crippen LogP contribution in [0.2, 0.25) is 0 Å². The number of hydrogen-bond donors (Lipinski definition) is 1. The molecule has 0 saturated carbocycles. The van der Waals surface area contributed by atoms with E-state index in [1.54, 1.807) is 6.20 Å². The topological polar surface area (TPSA) is 72.3 Å². The van der Waals surface area contributed by atoms with Crippen LogP contribution in [-0.2, 0) is 16.6 Å². The van der Waals surface area contributed by atoms with Crippen LogP contribution in [-0.4, -0.2) is 57.7 Å². The summed E-state index contributed by atoms with van der Waals surface area (Å²) in [5.41, 5.74) is 2.14. The molecule has 0 aliphatic carbocycles. The average Bonchev–Trinajstić information content (AvgIpc) is 3.06. The number of anilines is 1. The predicted molar refractivity (Wildman–Crippen MR) is 109 cm³/mol. The Kier molecular flexibility index (Phi) is 5.11. The first-order valence-corrected chi connectivity index (χ1v) is 9.54. The van der Waals surface area contributed by atoms with Crippen LogP contribution >= 0.6 is 0 Å². The zero-order chi connectivity index (χ0) is 19.7. The lowest BCUT2D eigenvalue weighted by Crippen LogP contribution is -2.47. The number of nitrogens with one attached hydrogen (secondary N) is 1. The summed E-state index contributed by atoms with van der Waals surface area (Å²) in [6, 6.07) is 7.92. The van der Waals surface area contributed by atoms with Gasteiger partial charge in [-0.15, -0.1) is 0 Å². The van der Waals surface area contributed by atoms with E-state index in [1.807, 2.05) is 39.2 Å². The number of ether oxygens (including phenoxy) is 1. The number of carbonyl (C=O) groups excluding carboxylic acids is 1. The third kappa shape index (κ3) is 3.63. The molecule has 4 rings (SSSR count). The fourth-order valence-corrected chi connectivity index (χ4v) is 3.50. The molecule has 0 spiro atoms. The highest BCUT2D eigenvalue weighted by Crippen LogP contribution is 2.26. The predicted octanol–water partition coefficient (Wildman–Crippen LogP) is 2.60. The number of fused-ring (bicyclic) bond motifs is 1. The molecule has 146 valence electrons. The highest BCUT2D eigenvalue weighted by molar-refractivity contribution is 5.96. The van der Waals surface area contributed by atoms with Crippen LogP contribution < -0.4 is 5.32 Å². The van der Waals surface area contributed by atoms with Gasteiger partial charge in [0, 0.05) is 37.3 Å². The number of nitrogens with zero attached hydrogens (tertiary/aromatic N) is 4. The van der Waals surface area contributed by atoms with Gasteiger partial charge in [0.15, 0.2) is 0 Å². The summed E-state index contributed by atoms with van der Waals surface area (Å²) < 4.78 is 7.43. The summed E-state index contributed by atoms with van der Waals surface area (Å²) in [4.78, 5) is 23.5. The van der Waals surface area contributed by atoms with Gasteiger partial charge < -0.3 is 14.6 Å². The highest BCUT2D eigenvalue weighted by Gasteiger charge is 2.23. The molecule has 3 heterocycles. The standard InChI is InChI=1S/C21H25N5O2/c1-14(26-6-8-28-9-7-26)21(27)24-20-11-18-10-16(4-5-17(18)12-23-20)19-13-22-15(2)25(19)3/h4-5,10-14H,6-9H2,1-3H3,(H,23,24,27)/t14-/m0/s1. The summed E-state index contributed by atoms with van der Waals surface area (Å²) in [6.07, 6.45) is 3.67. The number of benzene rings is 1. The molecule has 2 aromatic heterocycles. The summed E-state index contributed by atoms with van der Waals surface area (Å²) in [6.45, 7) is 6.78. The van der Waals surface area contributed by atoms with Crippen molar-refractivity contribution in [3.8, 4) is 11.3 Å². The number of aryl methyl sites for hydroxylation is 1. The quantitative estimate of drug-likeness (QED) is 0.754. The molecule has 1 aliphatic heterocycles. The Hall–Kier alpha value is -2.77. The van der Waals surface area contributed by atoms with Crippen LogP contribution in [0.5, 0.6) is 0 Å². The number of rotatable bonds is 4. The Morgan fingerprint density at radius 1 is 1.14 bits per heavy atom. The SMILES string of the molecule is Cc1ncc(-c2ccc3cnc(NC(=O)[C@H](C)N4CCOCC4)cc3c2)n1C. The number of carbonyl (C=O) groups is 1. The molecule has 0 unspecified atom stereocenters. The van der Waals surface area contributed by atoms with Gasteiger partial charge in [-0.05, 0) is 31.4 Å². The van der Waals surface area contributed by atoms with Crippen molar-refractivity contribution in [3.63, 3.8) is 0 Å². The summed E-state index contributed by atoms with van der Waals surface area (Å²) >= 11 is 0. The summed E-state index contributed by atoms with van der Waals surface area (Å²) in [5.74, 6) is 1.48. The number of morpholine rings is 1. The van der Waals surface area contributed by atoms with E-state index >= 15 is 0 Å². The maximum atomic E-state index is 12.6. The van der Waals surface area contributed by atoms with Crippen LogP contribution in [0, 0.1) is 6.92 Å². The van der Waals surface area contributed by atoms with Gasteiger partial charge in [0.05, 0.1) is 31.1 Å². The maximum absolute atomic E-state index is 12.6. The van der Waals surface area contributed by atoms with Crippen LogP contribution in [0.1, 0.15) is 12.7 Å². The molecule has 1 aromatic carbocycles. The van der Waals surface area contributed by atoms with Crippen LogP contribution in [0.15, 0.2) is 36.7 Å². The molecular weight excluding hydrogens is 354 g/mol. The molecule has 7 nitrogen and oxygen atoms in total. The Bertz CT molecular complexity index is 1010. The average molecular weight is 379 g/mol. The monoisotopic (exact) mass is 379 g/mol. The Morgan fingerprint density at radius 2 is 1.93 bits per heavy atom. The molecular formula is C21H25N5O2. The van der Waals surface area contributed by atoms with Gasteiger partial charge in [-0.3, -0.25) is 9.69 Å². The van der Waals surface area contributed by atoms with E-state index in [4.69, 9.17) is 4.74 Å². The van der Waals surface area contributed by atoms with Gasteiger partial charge in [0.2, 0.25) is 5.91 Å². The smallest absolute Gasteiger partial charge is 0.242 e. The second-order valence-corrected chi connectivity index (χ2v) is 7.19. The van der Waals surface area contributed by atoms with Crippen molar-refractivity contribution in [1.82, 2.24) is 19.4 Å². The van der Waals surface area contributed by atoms with Gasteiger partial charge in [0.1, 0.15) is 11.6 Å². The molecule has 7 heteroatoms. The van der Waals surface area contributed by atoms with E-state index in [9.17, 15) is 4.79 Å². The summed E-state index contributed by atoms with van der Waals surface area (Å²) in [5, 5.41) is 5.01. The largest absolute Gasteiger partial charge is 0.379 e.